The minimum Gasteiger partial charge on any atom is -0.366 e. The van der Waals surface area contributed by atoms with Crippen molar-refractivity contribution in [3.05, 3.63) is 106 Å². The van der Waals surface area contributed by atoms with E-state index >= 15 is 0 Å². The van der Waals surface area contributed by atoms with Gasteiger partial charge < -0.3 is 15.1 Å². The van der Waals surface area contributed by atoms with Gasteiger partial charge in [0.25, 0.3) is 5.91 Å². The van der Waals surface area contributed by atoms with Crippen LogP contribution in [-0.2, 0) is 18.9 Å². The van der Waals surface area contributed by atoms with Crippen molar-refractivity contribution in [1.82, 2.24) is 14.8 Å². The number of rotatable bonds is 8. The van der Waals surface area contributed by atoms with Gasteiger partial charge in [0.2, 0.25) is 0 Å². The van der Waals surface area contributed by atoms with Gasteiger partial charge in [0.05, 0.1) is 22.2 Å². The summed E-state index contributed by atoms with van der Waals surface area (Å²) in [6.07, 6.45) is -1.46. The van der Waals surface area contributed by atoms with E-state index in [1.54, 1.807) is 36.4 Å². The summed E-state index contributed by atoms with van der Waals surface area (Å²) < 4.78 is 78.7. The van der Waals surface area contributed by atoms with Crippen LogP contribution in [0.3, 0.4) is 0 Å². The second-order valence-electron chi connectivity index (χ2n) is 12.1. The van der Waals surface area contributed by atoms with Crippen molar-refractivity contribution in [1.29, 1.82) is 0 Å². The van der Waals surface area contributed by atoms with E-state index in [0.29, 0.717) is 45.5 Å². The number of benzene rings is 3. The lowest BCUT2D eigenvalue weighted by molar-refractivity contribution is -0.138. The molecule has 1 amide bonds. The van der Waals surface area contributed by atoms with E-state index in [0.717, 1.165) is 69.6 Å². The van der Waals surface area contributed by atoms with Gasteiger partial charge in [-0.25, -0.2) is 4.98 Å². The van der Waals surface area contributed by atoms with Crippen LogP contribution in [0.1, 0.15) is 63.9 Å². The third kappa shape index (κ3) is 7.78. The molecular weight excluding hydrogens is 618 g/mol. The number of aromatic nitrogens is 1. The first-order valence-corrected chi connectivity index (χ1v) is 15.7. The quantitative estimate of drug-likeness (QED) is 0.153. The fourth-order valence-electron chi connectivity index (χ4n) is 6.34. The Balaban J connectivity index is 1.31. The highest BCUT2D eigenvalue weighted by molar-refractivity contribution is 6.07. The van der Waals surface area contributed by atoms with Crippen molar-refractivity contribution >= 4 is 34.8 Å². The molecule has 1 aromatic heterocycles. The average Bonchev–Trinajstić information content (AvgIpc) is 3.74. The number of anilines is 1. The Labute approximate surface area is 268 Å². The number of fused-ring (bicyclic) bond motifs is 1. The smallest absolute Gasteiger partial charge is 0.366 e. The van der Waals surface area contributed by atoms with Crippen LogP contribution >= 0.6 is 0 Å². The molecule has 246 valence electrons. The molecule has 0 unspecified atom stereocenters. The van der Waals surface area contributed by atoms with E-state index in [4.69, 9.17) is 4.98 Å². The monoisotopic (exact) mass is 652 g/mol. The van der Waals surface area contributed by atoms with Crippen molar-refractivity contribution in [2.45, 2.75) is 50.6 Å². The first-order chi connectivity index (χ1) is 22.4. The second kappa shape index (κ2) is 13.4. The minimum absolute atomic E-state index is 0.0800. The molecule has 0 bridgehead atoms. The summed E-state index contributed by atoms with van der Waals surface area (Å²) in [5.74, 6) is 0.277. The molecular formula is C36H34F6N4O. The van der Waals surface area contributed by atoms with Gasteiger partial charge in [-0.1, -0.05) is 42.5 Å². The van der Waals surface area contributed by atoms with Gasteiger partial charge in [-0.2, -0.15) is 26.3 Å². The predicted molar refractivity (Wildman–Crippen MR) is 171 cm³/mol. The van der Waals surface area contributed by atoms with Gasteiger partial charge in [-0.3, -0.25) is 4.79 Å². The SMILES string of the molecule is O=C(c1cc(NCc2ccc(C(F)(F)F)cc2)nc2ccc(/C=C/c3cccc(C(F)(F)F)c3)cc12)N1CCC[C@H]1CN1CCCC1. The molecule has 2 aliphatic heterocycles. The molecule has 6 rings (SSSR count). The highest BCUT2D eigenvalue weighted by atomic mass is 19.4. The lowest BCUT2D eigenvalue weighted by atomic mass is 10.0. The van der Waals surface area contributed by atoms with Crippen molar-refractivity contribution < 1.29 is 31.1 Å². The van der Waals surface area contributed by atoms with Crippen molar-refractivity contribution in [3.63, 3.8) is 0 Å². The number of nitrogens with one attached hydrogen (secondary N) is 1. The topological polar surface area (TPSA) is 48.5 Å². The highest BCUT2D eigenvalue weighted by Gasteiger charge is 2.33. The van der Waals surface area contributed by atoms with Crippen LogP contribution < -0.4 is 5.32 Å². The van der Waals surface area contributed by atoms with Gasteiger partial charge >= 0.3 is 12.4 Å². The molecule has 5 nitrogen and oxygen atoms in total. The molecule has 4 aromatic rings. The van der Waals surface area contributed by atoms with Crippen LogP contribution in [0.2, 0.25) is 0 Å². The molecule has 11 heteroatoms. The number of amides is 1. The van der Waals surface area contributed by atoms with Crippen molar-refractivity contribution in [3.8, 4) is 0 Å². The van der Waals surface area contributed by atoms with Gasteiger partial charge in [0.15, 0.2) is 0 Å². The van der Waals surface area contributed by atoms with Crippen LogP contribution in [0.15, 0.2) is 72.8 Å². The largest absolute Gasteiger partial charge is 0.416 e. The van der Waals surface area contributed by atoms with Crippen LogP contribution in [0, 0.1) is 0 Å². The molecule has 2 aliphatic rings. The van der Waals surface area contributed by atoms with E-state index in [1.165, 1.54) is 18.2 Å². The summed E-state index contributed by atoms with van der Waals surface area (Å²) in [5.41, 5.74) is 1.20. The standard InChI is InChI=1S/C36H34F6N4O/c37-35(38,39)27-13-10-26(11-14-27)22-43-33-21-31(34(47)46-18-4-7-29(46)23-45-16-1-2-17-45)30-20-25(12-15-32(30)44-33)9-8-24-5-3-6-28(19-24)36(40,41)42/h3,5-6,8-15,19-21,29H,1-2,4,7,16-18,22-23H2,(H,43,44)/b9-8+/t29-/m0/s1. The Morgan fingerprint density at radius 1 is 0.809 bits per heavy atom. The zero-order valence-corrected chi connectivity index (χ0v) is 25.5. The summed E-state index contributed by atoms with van der Waals surface area (Å²) in [5, 5.41) is 3.77. The summed E-state index contributed by atoms with van der Waals surface area (Å²) in [6, 6.07) is 17.0. The molecule has 0 aliphatic carbocycles. The van der Waals surface area contributed by atoms with Gasteiger partial charge in [0, 0.05) is 31.1 Å². The molecule has 2 fully saturated rings. The summed E-state index contributed by atoms with van der Waals surface area (Å²) in [4.78, 5) is 23.3. The fraction of sp³-hybridized carbons (Fsp3) is 0.333. The predicted octanol–water partition coefficient (Wildman–Crippen LogP) is 8.76. The second-order valence-corrected chi connectivity index (χ2v) is 12.1. The molecule has 1 atom stereocenters. The van der Waals surface area contributed by atoms with Crippen molar-refractivity contribution in [2.24, 2.45) is 0 Å². The Morgan fingerprint density at radius 3 is 2.21 bits per heavy atom. The number of hydrogen-bond donors (Lipinski definition) is 1. The molecule has 0 radical (unpaired) electrons. The Morgan fingerprint density at radius 2 is 1.51 bits per heavy atom. The van der Waals surface area contributed by atoms with E-state index in [1.807, 2.05) is 11.0 Å². The maximum atomic E-state index is 14.2. The summed E-state index contributed by atoms with van der Waals surface area (Å²) >= 11 is 0. The van der Waals surface area contributed by atoms with Crippen LogP contribution in [-0.4, -0.2) is 52.9 Å². The Kier molecular flexibility index (Phi) is 9.27. The number of halogens is 6. The third-order valence-corrected chi connectivity index (χ3v) is 8.81. The number of carbonyl (C=O) groups excluding carboxylic acids is 1. The number of carbonyl (C=O) groups is 1. The molecule has 3 aromatic carbocycles. The zero-order valence-electron chi connectivity index (χ0n) is 25.5. The first kappa shape index (κ1) is 32.6. The molecule has 3 heterocycles. The summed E-state index contributed by atoms with van der Waals surface area (Å²) in [6.45, 7) is 3.69. The van der Waals surface area contributed by atoms with Crippen LogP contribution in [0.4, 0.5) is 32.2 Å². The molecule has 2 saturated heterocycles. The van der Waals surface area contributed by atoms with Gasteiger partial charge in [-0.05, 0) is 97.9 Å². The average molecular weight is 653 g/mol. The highest BCUT2D eigenvalue weighted by Crippen LogP contribution is 2.32. The number of alkyl halides is 6. The van der Waals surface area contributed by atoms with Crippen LogP contribution in [0.25, 0.3) is 23.1 Å². The normalized spacial score (nSPS) is 17.7. The van der Waals surface area contributed by atoms with Gasteiger partial charge in [-0.15, -0.1) is 0 Å². The number of hydrogen-bond acceptors (Lipinski definition) is 4. The number of pyridine rings is 1. The lowest BCUT2D eigenvalue weighted by Gasteiger charge is -2.29. The maximum Gasteiger partial charge on any atom is 0.416 e. The Hall–Kier alpha value is -4.38. The zero-order chi connectivity index (χ0) is 33.2. The number of likely N-dealkylation sites (tertiary alicyclic amines) is 2. The van der Waals surface area contributed by atoms with E-state index in [2.05, 4.69) is 10.2 Å². The molecule has 0 saturated carbocycles. The first-order valence-electron chi connectivity index (χ1n) is 15.7. The molecule has 1 N–H and O–H groups in total. The van der Waals surface area contributed by atoms with Gasteiger partial charge in [0.1, 0.15) is 5.82 Å². The Bertz CT molecular complexity index is 1760. The number of nitrogens with zero attached hydrogens (tertiary/aromatic N) is 3. The maximum absolute atomic E-state index is 14.2. The van der Waals surface area contributed by atoms with Crippen molar-refractivity contribution in [2.75, 3.05) is 31.5 Å². The van der Waals surface area contributed by atoms with E-state index in [9.17, 15) is 31.1 Å². The van der Waals surface area contributed by atoms with E-state index < -0.39 is 23.5 Å². The lowest BCUT2D eigenvalue weighted by Crippen LogP contribution is -2.42. The summed E-state index contributed by atoms with van der Waals surface area (Å²) in [7, 11) is 0. The minimum atomic E-state index is -4.45. The molecule has 47 heavy (non-hydrogen) atoms. The molecule has 0 spiro atoms. The fourth-order valence-corrected chi connectivity index (χ4v) is 6.34. The van der Waals surface area contributed by atoms with Crippen LogP contribution in [0.5, 0.6) is 0 Å². The van der Waals surface area contributed by atoms with E-state index in [-0.39, 0.29) is 18.5 Å². The third-order valence-electron chi connectivity index (χ3n) is 8.81.